The van der Waals surface area contributed by atoms with Gasteiger partial charge in [-0.15, -0.1) is 0 Å². The van der Waals surface area contributed by atoms with Crippen molar-refractivity contribution in [2.24, 2.45) is 5.92 Å². The third-order valence-electron chi connectivity index (χ3n) is 1.41. The smallest absolute Gasteiger partial charge is 0.307 e. The Morgan fingerprint density at radius 2 is 2.56 bits per heavy atom. The lowest BCUT2D eigenvalue weighted by atomic mass is 10.1. The molecule has 0 amide bonds. The zero-order valence-corrected chi connectivity index (χ0v) is 5.56. The topological polar surface area (TPSA) is 37.3 Å². The maximum absolute atomic E-state index is 10.3. The number of aliphatic carboxylic acids is 1. The first-order chi connectivity index (χ1) is 4.20. The predicted octanol–water partition coefficient (Wildman–Crippen LogP) is 1.60. The number of carbonyl (C=O) groups is 1. The molecule has 0 aromatic carbocycles. The summed E-state index contributed by atoms with van der Waals surface area (Å²) in [6.45, 7) is 0. The molecule has 1 atom stereocenters. The van der Waals surface area contributed by atoms with Gasteiger partial charge in [0.25, 0.3) is 0 Å². The SMILES string of the molecule is O=C(O)C1CC=C(Cl)C1. The zero-order chi connectivity index (χ0) is 6.85. The molecule has 1 N–H and O–H groups in total. The highest BCUT2D eigenvalue weighted by Crippen LogP contribution is 2.26. The first kappa shape index (κ1) is 6.62. The average molecular weight is 147 g/mol. The normalized spacial score (nSPS) is 25.9. The molecule has 0 aromatic heterocycles. The summed E-state index contributed by atoms with van der Waals surface area (Å²) in [6, 6.07) is 0. The summed E-state index contributed by atoms with van der Waals surface area (Å²) in [5, 5.41) is 9.12. The van der Waals surface area contributed by atoms with Crippen LogP contribution in [0.3, 0.4) is 0 Å². The van der Waals surface area contributed by atoms with Crippen LogP contribution in [0.25, 0.3) is 0 Å². The Bertz CT molecular complexity index is 162. The fourth-order valence-electron chi connectivity index (χ4n) is 0.860. The summed E-state index contributed by atoms with van der Waals surface area (Å²) in [6.07, 6.45) is 2.87. The molecule has 0 aromatic rings. The van der Waals surface area contributed by atoms with E-state index in [1.165, 1.54) is 0 Å². The number of halogens is 1. The van der Waals surface area contributed by atoms with Crippen LogP contribution in [-0.2, 0) is 4.79 Å². The second-order valence-corrected chi connectivity index (χ2v) is 2.61. The average Bonchev–Trinajstić information content (AvgIpc) is 2.14. The minimum atomic E-state index is -0.748. The zero-order valence-electron chi connectivity index (χ0n) is 4.80. The van der Waals surface area contributed by atoms with Gasteiger partial charge in [0, 0.05) is 5.03 Å². The van der Waals surface area contributed by atoms with Crippen molar-refractivity contribution >= 4 is 17.6 Å². The summed E-state index contributed by atoms with van der Waals surface area (Å²) in [5.74, 6) is -1.01. The van der Waals surface area contributed by atoms with Gasteiger partial charge in [-0.1, -0.05) is 17.7 Å². The summed E-state index contributed by atoms with van der Waals surface area (Å²) in [7, 11) is 0. The highest BCUT2D eigenvalue weighted by atomic mass is 35.5. The van der Waals surface area contributed by atoms with E-state index in [0.717, 1.165) is 0 Å². The van der Waals surface area contributed by atoms with Crippen LogP contribution in [0.4, 0.5) is 0 Å². The second kappa shape index (κ2) is 2.40. The van der Waals surface area contributed by atoms with E-state index in [-0.39, 0.29) is 5.92 Å². The molecule has 0 saturated carbocycles. The molecular weight excluding hydrogens is 140 g/mol. The van der Waals surface area contributed by atoms with Crippen molar-refractivity contribution < 1.29 is 9.90 Å². The Hall–Kier alpha value is -0.500. The van der Waals surface area contributed by atoms with E-state index in [9.17, 15) is 4.79 Å². The molecule has 0 bridgehead atoms. The number of allylic oxidation sites excluding steroid dienone is 2. The molecule has 1 unspecified atom stereocenters. The van der Waals surface area contributed by atoms with Crippen molar-refractivity contribution in [3.8, 4) is 0 Å². The largest absolute Gasteiger partial charge is 0.481 e. The van der Waals surface area contributed by atoms with Crippen molar-refractivity contribution in [1.82, 2.24) is 0 Å². The van der Waals surface area contributed by atoms with E-state index in [4.69, 9.17) is 16.7 Å². The van der Waals surface area contributed by atoms with Gasteiger partial charge >= 0.3 is 5.97 Å². The number of carboxylic acid groups (broad SMARTS) is 1. The van der Waals surface area contributed by atoms with Crippen molar-refractivity contribution in [2.75, 3.05) is 0 Å². The van der Waals surface area contributed by atoms with Gasteiger partial charge in [-0.2, -0.15) is 0 Å². The van der Waals surface area contributed by atoms with Gasteiger partial charge in [0.15, 0.2) is 0 Å². The molecule has 1 rings (SSSR count). The molecule has 0 spiro atoms. The third-order valence-corrected chi connectivity index (χ3v) is 1.72. The Labute approximate surface area is 58.1 Å². The van der Waals surface area contributed by atoms with Crippen LogP contribution in [0.5, 0.6) is 0 Å². The highest BCUT2D eigenvalue weighted by Gasteiger charge is 2.21. The van der Waals surface area contributed by atoms with Crippen LogP contribution in [0.2, 0.25) is 0 Å². The van der Waals surface area contributed by atoms with E-state index in [2.05, 4.69) is 0 Å². The van der Waals surface area contributed by atoms with Crippen molar-refractivity contribution in [1.29, 1.82) is 0 Å². The van der Waals surface area contributed by atoms with Crippen molar-refractivity contribution in [2.45, 2.75) is 12.8 Å². The van der Waals surface area contributed by atoms with Gasteiger partial charge in [0.1, 0.15) is 0 Å². The molecule has 50 valence electrons. The number of hydrogen-bond donors (Lipinski definition) is 1. The lowest BCUT2D eigenvalue weighted by Crippen LogP contribution is -2.08. The van der Waals surface area contributed by atoms with E-state index in [1.54, 1.807) is 6.08 Å². The lowest BCUT2D eigenvalue weighted by Gasteiger charge is -1.98. The van der Waals surface area contributed by atoms with Crippen LogP contribution < -0.4 is 0 Å². The maximum atomic E-state index is 10.3. The number of hydrogen-bond acceptors (Lipinski definition) is 1. The van der Waals surface area contributed by atoms with E-state index in [1.807, 2.05) is 0 Å². The standard InChI is InChI=1S/C6H7ClO2/c7-5-2-1-4(3-5)6(8)9/h2,4H,1,3H2,(H,8,9). The monoisotopic (exact) mass is 146 g/mol. The quantitative estimate of drug-likeness (QED) is 0.610. The predicted molar refractivity (Wildman–Crippen MR) is 34.3 cm³/mol. The van der Waals surface area contributed by atoms with Crippen LogP contribution in [0, 0.1) is 5.92 Å². The molecule has 0 aliphatic heterocycles. The molecular formula is C6H7ClO2. The van der Waals surface area contributed by atoms with E-state index < -0.39 is 5.97 Å². The Balaban J connectivity index is 2.47. The molecule has 0 saturated heterocycles. The minimum Gasteiger partial charge on any atom is -0.481 e. The van der Waals surface area contributed by atoms with Crippen LogP contribution in [-0.4, -0.2) is 11.1 Å². The maximum Gasteiger partial charge on any atom is 0.307 e. The Morgan fingerprint density at radius 1 is 1.89 bits per heavy atom. The van der Waals surface area contributed by atoms with Gasteiger partial charge < -0.3 is 5.11 Å². The number of carboxylic acids is 1. The van der Waals surface area contributed by atoms with Crippen molar-refractivity contribution in [3.05, 3.63) is 11.1 Å². The highest BCUT2D eigenvalue weighted by molar-refractivity contribution is 6.29. The molecule has 1 aliphatic rings. The first-order valence-corrected chi connectivity index (χ1v) is 3.15. The van der Waals surface area contributed by atoms with Gasteiger partial charge in [-0.25, -0.2) is 0 Å². The summed E-state index contributed by atoms with van der Waals surface area (Å²) < 4.78 is 0. The van der Waals surface area contributed by atoms with E-state index >= 15 is 0 Å². The molecule has 1 aliphatic carbocycles. The van der Waals surface area contributed by atoms with Gasteiger partial charge in [-0.3, -0.25) is 4.79 Å². The van der Waals surface area contributed by atoms with Crippen LogP contribution in [0.1, 0.15) is 12.8 Å². The minimum absolute atomic E-state index is 0.266. The lowest BCUT2D eigenvalue weighted by molar-refractivity contribution is -0.141. The fraction of sp³-hybridized carbons (Fsp3) is 0.500. The first-order valence-electron chi connectivity index (χ1n) is 2.77. The molecule has 0 fully saturated rings. The molecule has 2 nitrogen and oxygen atoms in total. The van der Waals surface area contributed by atoms with Crippen molar-refractivity contribution in [3.63, 3.8) is 0 Å². The van der Waals surface area contributed by atoms with Gasteiger partial charge in [0.05, 0.1) is 5.92 Å². The Morgan fingerprint density at radius 3 is 2.78 bits per heavy atom. The van der Waals surface area contributed by atoms with Crippen LogP contribution in [0.15, 0.2) is 11.1 Å². The number of rotatable bonds is 1. The van der Waals surface area contributed by atoms with Gasteiger partial charge in [0.2, 0.25) is 0 Å². The summed E-state index contributed by atoms with van der Waals surface area (Å²) in [4.78, 5) is 10.3. The Kier molecular flexibility index (Phi) is 1.76. The molecule has 0 heterocycles. The van der Waals surface area contributed by atoms with Crippen LogP contribution >= 0.6 is 11.6 Å². The molecule has 9 heavy (non-hydrogen) atoms. The third kappa shape index (κ3) is 1.45. The van der Waals surface area contributed by atoms with Gasteiger partial charge in [-0.05, 0) is 12.8 Å². The summed E-state index contributed by atoms with van der Waals surface area (Å²) >= 11 is 5.55. The summed E-state index contributed by atoms with van der Waals surface area (Å²) in [5.41, 5.74) is 0. The molecule has 0 radical (unpaired) electrons. The van der Waals surface area contributed by atoms with E-state index in [0.29, 0.717) is 17.9 Å². The molecule has 3 heteroatoms. The fourth-order valence-corrected chi connectivity index (χ4v) is 1.14. The second-order valence-electron chi connectivity index (χ2n) is 2.13.